The van der Waals surface area contributed by atoms with Gasteiger partial charge in [-0.15, -0.1) is 0 Å². The SMILES string of the molecule is CCOCCNC(=O)c1cc(C)ccc1NN. The maximum atomic E-state index is 11.9. The van der Waals surface area contributed by atoms with Crippen molar-refractivity contribution >= 4 is 11.6 Å². The summed E-state index contributed by atoms with van der Waals surface area (Å²) < 4.78 is 5.15. The normalized spacial score (nSPS) is 10.1. The highest BCUT2D eigenvalue weighted by Crippen LogP contribution is 2.15. The third kappa shape index (κ3) is 4.05. The number of hydrogen-bond acceptors (Lipinski definition) is 4. The summed E-state index contributed by atoms with van der Waals surface area (Å²) in [5.41, 5.74) is 4.69. The van der Waals surface area contributed by atoms with E-state index in [4.69, 9.17) is 10.6 Å². The van der Waals surface area contributed by atoms with Crippen LogP contribution in [0.5, 0.6) is 0 Å². The number of nitrogens with one attached hydrogen (secondary N) is 2. The quantitative estimate of drug-likeness (QED) is 0.392. The minimum Gasteiger partial charge on any atom is -0.380 e. The number of aryl methyl sites for hydroxylation is 1. The maximum absolute atomic E-state index is 11.9. The van der Waals surface area contributed by atoms with Gasteiger partial charge in [-0.1, -0.05) is 11.6 Å². The fourth-order valence-corrected chi connectivity index (χ4v) is 1.45. The van der Waals surface area contributed by atoms with Crippen molar-refractivity contribution in [2.24, 2.45) is 5.84 Å². The van der Waals surface area contributed by atoms with Crippen LogP contribution >= 0.6 is 0 Å². The summed E-state index contributed by atoms with van der Waals surface area (Å²) in [5, 5.41) is 2.78. The van der Waals surface area contributed by atoms with Crippen LogP contribution in [0, 0.1) is 6.92 Å². The van der Waals surface area contributed by atoms with Gasteiger partial charge in [-0.2, -0.15) is 0 Å². The number of nitrogen functional groups attached to an aromatic ring is 1. The molecule has 0 fully saturated rings. The molecule has 0 unspecified atom stereocenters. The second-order valence-electron chi connectivity index (χ2n) is 3.65. The lowest BCUT2D eigenvalue weighted by molar-refractivity contribution is 0.0923. The fourth-order valence-electron chi connectivity index (χ4n) is 1.45. The number of hydrogen-bond donors (Lipinski definition) is 3. The van der Waals surface area contributed by atoms with Gasteiger partial charge >= 0.3 is 0 Å². The largest absolute Gasteiger partial charge is 0.380 e. The van der Waals surface area contributed by atoms with Crippen LogP contribution in [0.15, 0.2) is 18.2 Å². The van der Waals surface area contributed by atoms with E-state index in [-0.39, 0.29) is 5.91 Å². The van der Waals surface area contributed by atoms with Gasteiger partial charge in [-0.3, -0.25) is 10.6 Å². The van der Waals surface area contributed by atoms with Crippen molar-refractivity contribution in [2.45, 2.75) is 13.8 Å². The predicted molar refractivity (Wildman–Crippen MR) is 67.8 cm³/mol. The van der Waals surface area contributed by atoms with Crippen molar-refractivity contribution in [3.63, 3.8) is 0 Å². The second kappa shape index (κ2) is 6.88. The van der Waals surface area contributed by atoms with Crippen molar-refractivity contribution < 1.29 is 9.53 Å². The Bertz CT molecular complexity index is 380. The molecule has 1 amide bonds. The Labute approximate surface area is 101 Å². The molecule has 0 aromatic heterocycles. The molecule has 17 heavy (non-hydrogen) atoms. The van der Waals surface area contributed by atoms with E-state index in [1.54, 1.807) is 12.1 Å². The number of anilines is 1. The number of rotatable bonds is 6. The first kappa shape index (κ1) is 13.5. The molecule has 0 radical (unpaired) electrons. The average molecular weight is 237 g/mol. The summed E-state index contributed by atoms with van der Waals surface area (Å²) in [6.07, 6.45) is 0. The number of nitrogens with two attached hydrogens (primary N) is 1. The molecule has 1 aromatic carbocycles. The van der Waals surface area contributed by atoms with Gasteiger partial charge in [0, 0.05) is 13.2 Å². The number of amides is 1. The molecule has 0 aliphatic heterocycles. The molecule has 4 N–H and O–H groups in total. The first-order chi connectivity index (χ1) is 8.19. The van der Waals surface area contributed by atoms with Gasteiger partial charge < -0.3 is 15.5 Å². The van der Waals surface area contributed by atoms with Gasteiger partial charge in [0.15, 0.2) is 0 Å². The van der Waals surface area contributed by atoms with Crippen LogP contribution in [0.3, 0.4) is 0 Å². The molecule has 0 saturated heterocycles. The molecule has 0 aliphatic carbocycles. The first-order valence-electron chi connectivity index (χ1n) is 5.62. The fraction of sp³-hybridized carbons (Fsp3) is 0.417. The topological polar surface area (TPSA) is 76.4 Å². The molecular weight excluding hydrogens is 218 g/mol. The van der Waals surface area contributed by atoms with E-state index >= 15 is 0 Å². The lowest BCUT2D eigenvalue weighted by atomic mass is 10.1. The summed E-state index contributed by atoms with van der Waals surface area (Å²) in [4.78, 5) is 11.9. The number of hydrazine groups is 1. The Morgan fingerprint density at radius 2 is 2.24 bits per heavy atom. The van der Waals surface area contributed by atoms with Gasteiger partial charge in [0.05, 0.1) is 17.9 Å². The van der Waals surface area contributed by atoms with E-state index in [9.17, 15) is 4.79 Å². The zero-order valence-corrected chi connectivity index (χ0v) is 10.2. The molecule has 1 aromatic rings. The van der Waals surface area contributed by atoms with Gasteiger partial charge in [0.1, 0.15) is 0 Å². The lowest BCUT2D eigenvalue weighted by Gasteiger charge is -2.10. The first-order valence-corrected chi connectivity index (χ1v) is 5.62. The van der Waals surface area contributed by atoms with Crippen molar-refractivity contribution in [3.8, 4) is 0 Å². The molecule has 0 aliphatic rings. The Morgan fingerprint density at radius 1 is 1.47 bits per heavy atom. The molecule has 5 nitrogen and oxygen atoms in total. The van der Waals surface area contributed by atoms with Crippen LogP contribution in [0.2, 0.25) is 0 Å². The third-order valence-electron chi connectivity index (χ3n) is 2.31. The summed E-state index contributed by atoms with van der Waals surface area (Å²) in [6, 6.07) is 5.48. The highest BCUT2D eigenvalue weighted by atomic mass is 16.5. The Hall–Kier alpha value is -1.59. The van der Waals surface area contributed by atoms with Crippen molar-refractivity contribution in [1.29, 1.82) is 0 Å². The van der Waals surface area contributed by atoms with Gasteiger partial charge in [-0.05, 0) is 26.0 Å². The van der Waals surface area contributed by atoms with Gasteiger partial charge in [-0.25, -0.2) is 0 Å². The minimum absolute atomic E-state index is 0.152. The predicted octanol–water partition coefficient (Wildman–Crippen LogP) is 1.05. The zero-order valence-electron chi connectivity index (χ0n) is 10.2. The number of carbonyl (C=O) groups excluding carboxylic acids is 1. The number of carbonyl (C=O) groups is 1. The van der Waals surface area contributed by atoms with Crippen molar-refractivity contribution in [1.82, 2.24) is 5.32 Å². The van der Waals surface area contributed by atoms with Crippen LogP contribution in [-0.4, -0.2) is 25.7 Å². The summed E-state index contributed by atoms with van der Waals surface area (Å²) >= 11 is 0. The molecular formula is C12H19N3O2. The van der Waals surface area contributed by atoms with E-state index in [0.29, 0.717) is 31.0 Å². The molecule has 0 bridgehead atoms. The monoisotopic (exact) mass is 237 g/mol. The molecule has 0 atom stereocenters. The lowest BCUT2D eigenvalue weighted by Crippen LogP contribution is -2.28. The molecule has 0 saturated carbocycles. The average Bonchev–Trinajstić information content (AvgIpc) is 2.34. The Kier molecular flexibility index (Phi) is 5.45. The van der Waals surface area contributed by atoms with Gasteiger partial charge in [0.2, 0.25) is 0 Å². The summed E-state index contributed by atoms with van der Waals surface area (Å²) in [7, 11) is 0. The zero-order chi connectivity index (χ0) is 12.7. The number of ether oxygens (including phenoxy) is 1. The van der Waals surface area contributed by atoms with Gasteiger partial charge in [0.25, 0.3) is 5.91 Å². The van der Waals surface area contributed by atoms with E-state index in [0.717, 1.165) is 5.56 Å². The second-order valence-corrected chi connectivity index (χ2v) is 3.65. The standard InChI is InChI=1S/C12H19N3O2/c1-3-17-7-6-14-12(16)10-8-9(2)4-5-11(10)15-13/h4-5,8,15H,3,6-7,13H2,1-2H3,(H,14,16). The minimum atomic E-state index is -0.152. The van der Waals surface area contributed by atoms with E-state index in [2.05, 4.69) is 10.7 Å². The molecule has 94 valence electrons. The maximum Gasteiger partial charge on any atom is 0.253 e. The highest BCUT2D eigenvalue weighted by molar-refractivity contribution is 5.99. The van der Waals surface area contributed by atoms with Crippen LogP contribution in [0.1, 0.15) is 22.8 Å². The summed E-state index contributed by atoms with van der Waals surface area (Å²) in [5.74, 6) is 5.21. The molecule has 0 spiro atoms. The Morgan fingerprint density at radius 3 is 2.88 bits per heavy atom. The molecule has 1 rings (SSSR count). The smallest absolute Gasteiger partial charge is 0.253 e. The van der Waals surface area contributed by atoms with Crippen LogP contribution < -0.4 is 16.6 Å². The summed E-state index contributed by atoms with van der Waals surface area (Å²) in [6.45, 7) is 5.50. The van der Waals surface area contributed by atoms with E-state index in [1.165, 1.54) is 0 Å². The van der Waals surface area contributed by atoms with E-state index < -0.39 is 0 Å². The molecule has 5 heteroatoms. The van der Waals surface area contributed by atoms with Crippen molar-refractivity contribution in [3.05, 3.63) is 29.3 Å². The molecule has 0 heterocycles. The number of benzene rings is 1. The van der Waals surface area contributed by atoms with Crippen LogP contribution in [0.4, 0.5) is 5.69 Å². The van der Waals surface area contributed by atoms with Crippen molar-refractivity contribution in [2.75, 3.05) is 25.2 Å². The Balaban J connectivity index is 2.64. The van der Waals surface area contributed by atoms with Crippen LogP contribution in [-0.2, 0) is 4.74 Å². The van der Waals surface area contributed by atoms with Crippen LogP contribution in [0.25, 0.3) is 0 Å². The third-order valence-corrected chi connectivity index (χ3v) is 2.31. The highest BCUT2D eigenvalue weighted by Gasteiger charge is 2.10. The van der Waals surface area contributed by atoms with E-state index in [1.807, 2.05) is 19.9 Å².